The lowest BCUT2D eigenvalue weighted by Gasteiger charge is -2.36. The molecule has 0 saturated carbocycles. The van der Waals surface area contributed by atoms with Gasteiger partial charge in [-0.05, 0) is 50.7 Å². The molecule has 0 spiro atoms. The van der Waals surface area contributed by atoms with E-state index in [-0.39, 0.29) is 5.60 Å². The molecule has 13 heavy (non-hydrogen) atoms. The standard InChI is InChI=1S/C12H18O/c1-9-4-5-11-10(8-9)6-7-12(2,3)13-11/h5,8-9H,4,6-7H2,1-3H3. The zero-order valence-electron chi connectivity index (χ0n) is 8.76. The van der Waals surface area contributed by atoms with Crippen molar-refractivity contribution in [2.45, 2.75) is 45.6 Å². The number of rotatable bonds is 0. The summed E-state index contributed by atoms with van der Waals surface area (Å²) in [6.45, 7) is 6.60. The fourth-order valence-corrected chi connectivity index (χ4v) is 2.02. The first kappa shape index (κ1) is 8.86. The normalized spacial score (nSPS) is 31.2. The van der Waals surface area contributed by atoms with E-state index < -0.39 is 0 Å². The maximum atomic E-state index is 5.92. The van der Waals surface area contributed by atoms with Crippen molar-refractivity contribution in [1.82, 2.24) is 0 Å². The molecule has 0 aromatic carbocycles. The zero-order valence-corrected chi connectivity index (χ0v) is 8.76. The smallest absolute Gasteiger partial charge is 0.119 e. The van der Waals surface area contributed by atoms with Gasteiger partial charge in [-0.2, -0.15) is 0 Å². The summed E-state index contributed by atoms with van der Waals surface area (Å²) in [4.78, 5) is 0. The second kappa shape index (κ2) is 2.90. The molecular formula is C12H18O. The molecule has 0 amide bonds. The Hall–Kier alpha value is -0.720. The summed E-state index contributed by atoms with van der Waals surface area (Å²) in [6.07, 6.45) is 8.08. The van der Waals surface area contributed by atoms with Gasteiger partial charge in [0.05, 0.1) is 0 Å². The van der Waals surface area contributed by atoms with Crippen LogP contribution in [0.5, 0.6) is 0 Å². The number of ether oxygens (including phenoxy) is 1. The lowest BCUT2D eigenvalue weighted by molar-refractivity contribution is 0.0138. The van der Waals surface area contributed by atoms with E-state index in [1.807, 2.05) is 0 Å². The van der Waals surface area contributed by atoms with Gasteiger partial charge in [0, 0.05) is 0 Å². The maximum Gasteiger partial charge on any atom is 0.119 e. The number of hydrogen-bond acceptors (Lipinski definition) is 1. The number of hydrogen-bond donors (Lipinski definition) is 0. The molecule has 0 radical (unpaired) electrons. The van der Waals surface area contributed by atoms with Gasteiger partial charge in [-0.3, -0.25) is 0 Å². The Morgan fingerprint density at radius 3 is 3.00 bits per heavy atom. The molecule has 0 aromatic rings. The van der Waals surface area contributed by atoms with Crippen LogP contribution in [0.4, 0.5) is 0 Å². The summed E-state index contributed by atoms with van der Waals surface area (Å²) in [7, 11) is 0. The molecule has 72 valence electrons. The highest BCUT2D eigenvalue weighted by Gasteiger charge is 2.29. The minimum atomic E-state index is 0.0454. The Labute approximate surface area is 80.5 Å². The fourth-order valence-electron chi connectivity index (χ4n) is 2.02. The average Bonchev–Trinajstić information content (AvgIpc) is 2.05. The molecule has 1 heterocycles. The van der Waals surface area contributed by atoms with Crippen molar-refractivity contribution in [2.75, 3.05) is 0 Å². The van der Waals surface area contributed by atoms with Gasteiger partial charge in [0.1, 0.15) is 11.4 Å². The van der Waals surface area contributed by atoms with Gasteiger partial charge in [-0.1, -0.05) is 13.0 Å². The Kier molecular flexibility index (Phi) is 1.98. The Bertz CT molecular complexity index is 271. The first-order valence-corrected chi connectivity index (χ1v) is 5.17. The monoisotopic (exact) mass is 178 g/mol. The Morgan fingerprint density at radius 2 is 2.23 bits per heavy atom. The maximum absolute atomic E-state index is 5.92. The van der Waals surface area contributed by atoms with Gasteiger partial charge in [0.15, 0.2) is 0 Å². The molecule has 0 bridgehead atoms. The van der Waals surface area contributed by atoms with Crippen molar-refractivity contribution in [1.29, 1.82) is 0 Å². The number of fused-ring (bicyclic) bond motifs is 1. The second-order valence-electron chi connectivity index (χ2n) is 4.84. The predicted molar refractivity (Wildman–Crippen MR) is 54.3 cm³/mol. The van der Waals surface area contributed by atoms with Gasteiger partial charge in [-0.25, -0.2) is 0 Å². The van der Waals surface area contributed by atoms with Crippen LogP contribution in [0, 0.1) is 5.92 Å². The largest absolute Gasteiger partial charge is 0.488 e. The van der Waals surface area contributed by atoms with Crippen LogP contribution >= 0.6 is 0 Å². The molecule has 1 fully saturated rings. The van der Waals surface area contributed by atoms with E-state index in [1.54, 1.807) is 0 Å². The molecule has 1 unspecified atom stereocenters. The molecule has 1 heteroatoms. The first-order chi connectivity index (χ1) is 6.07. The van der Waals surface area contributed by atoms with Crippen molar-refractivity contribution in [2.24, 2.45) is 5.92 Å². The fraction of sp³-hybridized carbons (Fsp3) is 0.667. The summed E-state index contributed by atoms with van der Waals surface area (Å²) >= 11 is 0. The molecule has 1 aliphatic carbocycles. The molecule has 2 rings (SSSR count). The highest BCUT2D eigenvalue weighted by molar-refractivity contribution is 5.32. The van der Waals surface area contributed by atoms with E-state index in [0.29, 0.717) is 5.92 Å². The van der Waals surface area contributed by atoms with Crippen molar-refractivity contribution in [3.8, 4) is 0 Å². The molecule has 2 aliphatic rings. The summed E-state index contributed by atoms with van der Waals surface area (Å²) < 4.78 is 5.92. The molecule has 1 saturated heterocycles. The lowest BCUT2D eigenvalue weighted by Crippen LogP contribution is -2.29. The summed E-state index contributed by atoms with van der Waals surface area (Å²) in [5.41, 5.74) is 1.47. The molecule has 1 aliphatic heterocycles. The van der Waals surface area contributed by atoms with Crippen molar-refractivity contribution in [3.05, 3.63) is 23.5 Å². The van der Waals surface area contributed by atoms with Crippen LogP contribution in [0.3, 0.4) is 0 Å². The van der Waals surface area contributed by atoms with Gasteiger partial charge in [-0.15, -0.1) is 0 Å². The summed E-state index contributed by atoms with van der Waals surface area (Å²) in [6, 6.07) is 0. The first-order valence-electron chi connectivity index (χ1n) is 5.17. The van der Waals surface area contributed by atoms with Gasteiger partial charge >= 0.3 is 0 Å². The van der Waals surface area contributed by atoms with Crippen molar-refractivity contribution >= 4 is 0 Å². The van der Waals surface area contributed by atoms with Gasteiger partial charge in [0.2, 0.25) is 0 Å². The zero-order chi connectivity index (χ0) is 9.47. The van der Waals surface area contributed by atoms with Crippen LogP contribution in [-0.4, -0.2) is 5.60 Å². The van der Waals surface area contributed by atoms with Crippen LogP contribution in [0.15, 0.2) is 23.5 Å². The summed E-state index contributed by atoms with van der Waals surface area (Å²) in [5, 5.41) is 0. The topological polar surface area (TPSA) is 9.23 Å². The third kappa shape index (κ3) is 1.79. The van der Waals surface area contributed by atoms with Crippen LogP contribution in [0.25, 0.3) is 0 Å². The van der Waals surface area contributed by atoms with E-state index >= 15 is 0 Å². The third-order valence-corrected chi connectivity index (χ3v) is 2.86. The Balaban J connectivity index is 2.19. The van der Waals surface area contributed by atoms with E-state index in [4.69, 9.17) is 4.74 Å². The van der Waals surface area contributed by atoms with Crippen LogP contribution < -0.4 is 0 Å². The van der Waals surface area contributed by atoms with Crippen LogP contribution in [0.1, 0.15) is 40.0 Å². The molecule has 0 N–H and O–H groups in total. The van der Waals surface area contributed by atoms with E-state index in [9.17, 15) is 0 Å². The van der Waals surface area contributed by atoms with Crippen LogP contribution in [0.2, 0.25) is 0 Å². The SMILES string of the molecule is CC1C=C2CCC(C)(C)OC2=CC1. The Morgan fingerprint density at radius 1 is 1.46 bits per heavy atom. The van der Waals surface area contributed by atoms with E-state index in [0.717, 1.165) is 18.6 Å². The molecule has 1 nitrogen and oxygen atoms in total. The highest BCUT2D eigenvalue weighted by Crippen LogP contribution is 2.37. The van der Waals surface area contributed by atoms with Gasteiger partial charge in [0.25, 0.3) is 0 Å². The van der Waals surface area contributed by atoms with Crippen molar-refractivity contribution < 1.29 is 4.74 Å². The van der Waals surface area contributed by atoms with Crippen molar-refractivity contribution in [3.63, 3.8) is 0 Å². The predicted octanol–water partition coefficient (Wildman–Crippen LogP) is 3.43. The quantitative estimate of drug-likeness (QED) is 0.552. The third-order valence-electron chi connectivity index (χ3n) is 2.86. The minimum absolute atomic E-state index is 0.0454. The molecular weight excluding hydrogens is 160 g/mol. The van der Waals surface area contributed by atoms with E-state index in [1.165, 1.54) is 12.0 Å². The van der Waals surface area contributed by atoms with Gasteiger partial charge < -0.3 is 4.74 Å². The minimum Gasteiger partial charge on any atom is -0.488 e. The average molecular weight is 178 g/mol. The van der Waals surface area contributed by atoms with E-state index in [2.05, 4.69) is 32.9 Å². The highest BCUT2D eigenvalue weighted by atomic mass is 16.5. The number of allylic oxidation sites excluding steroid dienone is 3. The summed E-state index contributed by atoms with van der Waals surface area (Å²) in [5.74, 6) is 1.85. The lowest BCUT2D eigenvalue weighted by atomic mass is 9.87. The molecule has 1 atom stereocenters. The van der Waals surface area contributed by atoms with Crippen LogP contribution in [-0.2, 0) is 4.74 Å². The molecule has 0 aromatic heterocycles. The second-order valence-corrected chi connectivity index (χ2v) is 4.84.